The maximum Gasteiger partial charge on any atom is 0.178 e. The predicted molar refractivity (Wildman–Crippen MR) is 137 cm³/mol. The van der Waals surface area contributed by atoms with E-state index >= 15 is 0 Å². The number of nitrogens with one attached hydrogen (secondary N) is 2. The van der Waals surface area contributed by atoms with Crippen molar-refractivity contribution in [1.82, 2.24) is 45.0 Å². The molecule has 0 saturated carbocycles. The van der Waals surface area contributed by atoms with Crippen LogP contribution in [0.1, 0.15) is 0 Å². The molecule has 10 heteroatoms. The van der Waals surface area contributed by atoms with Crippen LogP contribution < -0.4 is 4.74 Å². The lowest BCUT2D eigenvalue weighted by molar-refractivity contribution is 0.261. The van der Waals surface area contributed by atoms with Crippen LogP contribution in [-0.4, -0.2) is 72.2 Å². The molecule has 0 aliphatic carbocycles. The van der Waals surface area contributed by atoms with Crippen LogP contribution in [0.25, 0.3) is 56.0 Å². The zero-order valence-corrected chi connectivity index (χ0v) is 19.8. The first kappa shape index (κ1) is 21.8. The molecule has 6 aromatic heterocycles. The Bertz CT molecular complexity index is 1660. The summed E-state index contributed by atoms with van der Waals surface area (Å²) in [4.78, 5) is 27.9. The number of fused-ring (bicyclic) bond motifs is 2. The number of ether oxygens (including phenoxy) is 1. The van der Waals surface area contributed by atoms with Gasteiger partial charge in [-0.05, 0) is 38.4 Å². The van der Waals surface area contributed by atoms with E-state index < -0.39 is 0 Å². The van der Waals surface area contributed by atoms with Gasteiger partial charge in [0, 0.05) is 53.4 Å². The second kappa shape index (κ2) is 9.16. The number of imidazole rings is 1. The summed E-state index contributed by atoms with van der Waals surface area (Å²) in [5.74, 6) is 1.33. The number of rotatable bonds is 7. The molecule has 178 valence electrons. The van der Waals surface area contributed by atoms with Crippen molar-refractivity contribution in [2.24, 2.45) is 0 Å². The van der Waals surface area contributed by atoms with E-state index in [4.69, 9.17) is 9.72 Å². The van der Waals surface area contributed by atoms with Crippen LogP contribution in [0.3, 0.4) is 0 Å². The van der Waals surface area contributed by atoms with Crippen molar-refractivity contribution >= 4 is 22.1 Å². The molecule has 0 radical (unpaired) electrons. The molecule has 0 aliphatic rings. The number of aromatic nitrogens is 8. The number of H-pyrrole nitrogens is 2. The van der Waals surface area contributed by atoms with Gasteiger partial charge < -0.3 is 14.6 Å². The summed E-state index contributed by atoms with van der Waals surface area (Å²) in [6.07, 6.45) is 10.6. The van der Waals surface area contributed by atoms with Crippen LogP contribution in [0.15, 0.2) is 67.5 Å². The number of pyridine rings is 4. The lowest BCUT2D eigenvalue weighted by Crippen LogP contribution is -2.19. The first-order valence-electron chi connectivity index (χ1n) is 11.5. The molecule has 0 atom stereocenters. The fourth-order valence-corrected chi connectivity index (χ4v) is 4.02. The minimum Gasteiger partial charge on any atom is -0.491 e. The largest absolute Gasteiger partial charge is 0.491 e. The third-order valence-corrected chi connectivity index (χ3v) is 5.85. The van der Waals surface area contributed by atoms with Gasteiger partial charge in [-0.1, -0.05) is 6.07 Å². The van der Waals surface area contributed by atoms with Gasteiger partial charge in [0.15, 0.2) is 11.5 Å². The Labute approximate surface area is 206 Å². The smallest absolute Gasteiger partial charge is 0.178 e. The third-order valence-electron chi connectivity index (χ3n) is 5.85. The van der Waals surface area contributed by atoms with Crippen molar-refractivity contribution < 1.29 is 4.74 Å². The van der Waals surface area contributed by atoms with Gasteiger partial charge in [0.25, 0.3) is 0 Å². The summed E-state index contributed by atoms with van der Waals surface area (Å²) >= 11 is 0. The highest BCUT2D eigenvalue weighted by molar-refractivity contribution is 5.96. The fraction of sp³-hybridized carbons (Fsp3) is 0.154. The summed E-state index contributed by atoms with van der Waals surface area (Å²) in [6, 6.07) is 9.80. The molecule has 0 bridgehead atoms. The van der Waals surface area contributed by atoms with Gasteiger partial charge in [0.1, 0.15) is 18.1 Å². The molecule has 0 aromatic carbocycles. The number of aromatic amines is 2. The van der Waals surface area contributed by atoms with E-state index in [2.05, 4.69) is 40.0 Å². The number of hydrogen-bond donors (Lipinski definition) is 2. The normalized spacial score (nSPS) is 11.5. The summed E-state index contributed by atoms with van der Waals surface area (Å²) in [6.45, 7) is 1.40. The van der Waals surface area contributed by atoms with E-state index in [0.717, 1.165) is 45.3 Å². The fourth-order valence-electron chi connectivity index (χ4n) is 4.02. The van der Waals surface area contributed by atoms with Crippen LogP contribution in [0, 0.1) is 0 Å². The van der Waals surface area contributed by atoms with E-state index in [0.29, 0.717) is 29.5 Å². The molecule has 0 fully saturated rings. The van der Waals surface area contributed by atoms with Crippen LogP contribution in [0.4, 0.5) is 0 Å². The van der Waals surface area contributed by atoms with Gasteiger partial charge in [-0.15, -0.1) is 0 Å². The zero-order valence-electron chi connectivity index (χ0n) is 19.8. The molecule has 0 spiro atoms. The van der Waals surface area contributed by atoms with Crippen molar-refractivity contribution in [3.63, 3.8) is 0 Å². The van der Waals surface area contributed by atoms with Crippen LogP contribution >= 0.6 is 0 Å². The van der Waals surface area contributed by atoms with Crippen molar-refractivity contribution in [3.8, 4) is 39.7 Å². The van der Waals surface area contributed by atoms with E-state index in [1.807, 2.05) is 50.6 Å². The summed E-state index contributed by atoms with van der Waals surface area (Å²) in [7, 11) is 4.02. The Morgan fingerprint density at radius 1 is 0.944 bits per heavy atom. The van der Waals surface area contributed by atoms with Crippen LogP contribution in [0.5, 0.6) is 5.75 Å². The number of hydrogen-bond acceptors (Lipinski definition) is 8. The van der Waals surface area contributed by atoms with E-state index in [1.165, 1.54) is 0 Å². The highest BCUT2D eigenvalue weighted by Gasteiger charge is 2.17. The lowest BCUT2D eigenvalue weighted by Gasteiger charge is -2.11. The summed E-state index contributed by atoms with van der Waals surface area (Å²) < 4.78 is 5.85. The molecule has 0 unspecified atom stereocenters. The number of likely N-dealkylation sites (N-methyl/N-ethyl adjacent to an activating group) is 1. The van der Waals surface area contributed by atoms with Gasteiger partial charge in [0.2, 0.25) is 0 Å². The Morgan fingerprint density at radius 3 is 2.72 bits per heavy atom. The molecule has 0 amide bonds. The van der Waals surface area contributed by atoms with Crippen molar-refractivity contribution in [2.75, 3.05) is 27.2 Å². The maximum atomic E-state index is 5.85. The molecular formula is C26H23N9O. The van der Waals surface area contributed by atoms with Gasteiger partial charge in [0.05, 0.1) is 29.1 Å². The zero-order chi connectivity index (χ0) is 24.5. The maximum absolute atomic E-state index is 5.85. The average molecular weight is 478 g/mol. The van der Waals surface area contributed by atoms with E-state index in [9.17, 15) is 0 Å². The minimum atomic E-state index is 0.581. The van der Waals surface area contributed by atoms with Crippen molar-refractivity contribution in [3.05, 3.63) is 67.5 Å². The Kier molecular flexibility index (Phi) is 5.55. The Hall–Kier alpha value is -4.70. The minimum absolute atomic E-state index is 0.581. The molecule has 6 rings (SSSR count). The lowest BCUT2D eigenvalue weighted by atomic mass is 10.1. The molecule has 0 saturated heterocycles. The quantitative estimate of drug-likeness (QED) is 0.354. The number of nitrogens with zero attached hydrogens (tertiary/aromatic N) is 7. The van der Waals surface area contributed by atoms with E-state index in [-0.39, 0.29) is 0 Å². The molecule has 6 heterocycles. The highest BCUT2D eigenvalue weighted by atomic mass is 16.5. The highest BCUT2D eigenvalue weighted by Crippen LogP contribution is 2.32. The molecule has 6 aromatic rings. The van der Waals surface area contributed by atoms with Crippen molar-refractivity contribution in [1.29, 1.82) is 0 Å². The predicted octanol–water partition coefficient (Wildman–Crippen LogP) is 3.96. The molecule has 36 heavy (non-hydrogen) atoms. The molecule has 0 aliphatic heterocycles. The SMILES string of the molecule is CN(C)CCOc1cncc(-c2cc3c(-c4nc5nccc(-c6cccnc6)c5[nH]4)n[nH]c3cn2)c1. The second-order valence-corrected chi connectivity index (χ2v) is 8.63. The average Bonchev–Trinajstić information content (AvgIpc) is 3.53. The standard InChI is InChI=1S/C26H23N9O/c1-35(2)8-9-36-18-10-17(13-28-14-18)21-11-20-22(15-30-21)33-34-24(20)26-31-23-19(5-7-29-25(23)32-26)16-4-3-6-27-12-16/h3-7,10-15H,8-9H2,1-2H3,(H,33,34)(H,29,31,32). The van der Waals surface area contributed by atoms with Gasteiger partial charge in [-0.3, -0.25) is 20.1 Å². The van der Waals surface area contributed by atoms with Crippen LogP contribution in [-0.2, 0) is 0 Å². The molecular weight excluding hydrogens is 454 g/mol. The Balaban J connectivity index is 1.38. The summed E-state index contributed by atoms with van der Waals surface area (Å²) in [5.41, 5.74) is 6.53. The first-order valence-corrected chi connectivity index (χ1v) is 11.5. The van der Waals surface area contributed by atoms with Crippen LogP contribution in [0.2, 0.25) is 0 Å². The third kappa shape index (κ3) is 4.14. The topological polar surface area (TPSA) is 121 Å². The first-order chi connectivity index (χ1) is 17.7. The second-order valence-electron chi connectivity index (χ2n) is 8.63. The summed E-state index contributed by atoms with van der Waals surface area (Å²) in [5, 5.41) is 8.48. The van der Waals surface area contributed by atoms with Gasteiger partial charge in [-0.25, -0.2) is 9.97 Å². The van der Waals surface area contributed by atoms with Crippen molar-refractivity contribution in [2.45, 2.75) is 0 Å². The Morgan fingerprint density at radius 2 is 1.86 bits per heavy atom. The van der Waals surface area contributed by atoms with E-state index in [1.54, 1.807) is 31.0 Å². The molecule has 2 N–H and O–H groups in total. The monoisotopic (exact) mass is 477 g/mol. The van der Waals surface area contributed by atoms with Gasteiger partial charge >= 0.3 is 0 Å². The molecule has 10 nitrogen and oxygen atoms in total. The van der Waals surface area contributed by atoms with Gasteiger partial charge in [-0.2, -0.15) is 5.10 Å².